The quantitative estimate of drug-likeness (QED) is 0.805. The van der Waals surface area contributed by atoms with Crippen molar-refractivity contribution in [1.82, 2.24) is 0 Å². The third-order valence-electron chi connectivity index (χ3n) is 5.08. The molecular formula is C15H21N. The van der Waals surface area contributed by atoms with Gasteiger partial charge >= 0.3 is 0 Å². The molecule has 0 saturated heterocycles. The van der Waals surface area contributed by atoms with Crippen LogP contribution in [0.5, 0.6) is 0 Å². The molecule has 16 heavy (non-hydrogen) atoms. The molecule has 0 bridgehead atoms. The molecule has 0 spiro atoms. The van der Waals surface area contributed by atoms with Crippen LogP contribution in [-0.4, -0.2) is 5.54 Å². The van der Waals surface area contributed by atoms with E-state index in [2.05, 4.69) is 38.1 Å². The third-order valence-corrected chi connectivity index (χ3v) is 5.08. The van der Waals surface area contributed by atoms with Crippen LogP contribution in [-0.2, 0) is 6.42 Å². The maximum absolute atomic E-state index is 6.46. The molecule has 1 aromatic rings. The first-order chi connectivity index (χ1) is 7.55. The lowest BCUT2D eigenvalue weighted by Crippen LogP contribution is -2.43. The second-order valence-corrected chi connectivity index (χ2v) is 6.17. The van der Waals surface area contributed by atoms with Gasteiger partial charge in [0.15, 0.2) is 0 Å². The van der Waals surface area contributed by atoms with E-state index in [1.54, 1.807) is 11.1 Å². The smallest absolute Gasteiger partial charge is 0.0213 e. The van der Waals surface area contributed by atoms with Crippen LogP contribution in [0.15, 0.2) is 24.3 Å². The average molecular weight is 215 g/mol. The first kappa shape index (κ1) is 10.3. The predicted octanol–water partition coefficient (Wildman–Crippen LogP) is 3.23. The highest BCUT2D eigenvalue weighted by atomic mass is 14.9. The molecule has 0 heterocycles. The fourth-order valence-electron chi connectivity index (χ4n) is 3.43. The van der Waals surface area contributed by atoms with E-state index in [-0.39, 0.29) is 11.0 Å². The van der Waals surface area contributed by atoms with Gasteiger partial charge in [-0.05, 0) is 48.1 Å². The zero-order valence-electron chi connectivity index (χ0n) is 10.3. The van der Waals surface area contributed by atoms with Crippen molar-refractivity contribution in [3.05, 3.63) is 35.4 Å². The van der Waals surface area contributed by atoms with Crippen LogP contribution in [0, 0.1) is 5.41 Å². The molecule has 0 radical (unpaired) electrons. The van der Waals surface area contributed by atoms with Crippen LogP contribution in [0.3, 0.4) is 0 Å². The van der Waals surface area contributed by atoms with Gasteiger partial charge < -0.3 is 5.73 Å². The predicted molar refractivity (Wildman–Crippen MR) is 67.4 cm³/mol. The molecule has 2 N–H and O–H groups in total. The monoisotopic (exact) mass is 215 g/mol. The highest BCUT2D eigenvalue weighted by Gasteiger charge is 2.55. The number of hydrogen-bond donors (Lipinski definition) is 1. The minimum absolute atomic E-state index is 0.106. The van der Waals surface area contributed by atoms with Crippen molar-refractivity contribution in [3.63, 3.8) is 0 Å². The molecule has 1 saturated carbocycles. The largest absolute Gasteiger partial charge is 0.325 e. The van der Waals surface area contributed by atoms with Gasteiger partial charge in [0.25, 0.3) is 0 Å². The first-order valence-electron chi connectivity index (χ1n) is 6.41. The van der Waals surface area contributed by atoms with E-state index in [1.807, 2.05) is 0 Å². The Morgan fingerprint density at radius 2 is 1.94 bits per heavy atom. The Labute approximate surface area is 98.0 Å². The van der Waals surface area contributed by atoms with Gasteiger partial charge in [0.2, 0.25) is 0 Å². The minimum Gasteiger partial charge on any atom is -0.325 e. The van der Waals surface area contributed by atoms with Crippen molar-refractivity contribution in [2.75, 3.05) is 0 Å². The van der Waals surface area contributed by atoms with Gasteiger partial charge in [-0.1, -0.05) is 38.1 Å². The summed E-state index contributed by atoms with van der Waals surface area (Å²) in [5.74, 6) is 0.663. The van der Waals surface area contributed by atoms with E-state index in [0.717, 1.165) is 0 Å². The molecule has 0 amide bonds. The SMILES string of the molecule is CC(C)(C1CCc2ccccc21)C1(N)CC1. The Bertz CT molecular complexity index is 415. The second kappa shape index (κ2) is 3.10. The summed E-state index contributed by atoms with van der Waals surface area (Å²) >= 11 is 0. The molecule has 1 fully saturated rings. The zero-order chi connectivity index (χ0) is 11.4. The molecule has 1 nitrogen and oxygen atoms in total. The molecule has 1 atom stereocenters. The molecule has 0 aromatic heterocycles. The van der Waals surface area contributed by atoms with Gasteiger partial charge in [0.05, 0.1) is 0 Å². The van der Waals surface area contributed by atoms with E-state index >= 15 is 0 Å². The van der Waals surface area contributed by atoms with Crippen molar-refractivity contribution >= 4 is 0 Å². The number of rotatable bonds is 2. The summed E-state index contributed by atoms with van der Waals surface area (Å²) in [5, 5.41) is 0. The Kier molecular flexibility index (Phi) is 2.00. The van der Waals surface area contributed by atoms with Crippen LogP contribution in [0.1, 0.15) is 50.2 Å². The lowest BCUT2D eigenvalue weighted by atomic mass is 9.69. The van der Waals surface area contributed by atoms with Crippen molar-refractivity contribution in [1.29, 1.82) is 0 Å². The van der Waals surface area contributed by atoms with Crippen LogP contribution in [0.4, 0.5) is 0 Å². The Morgan fingerprint density at radius 1 is 1.25 bits per heavy atom. The topological polar surface area (TPSA) is 26.0 Å². The van der Waals surface area contributed by atoms with Crippen LogP contribution in [0.25, 0.3) is 0 Å². The maximum Gasteiger partial charge on any atom is 0.0213 e. The summed E-state index contributed by atoms with van der Waals surface area (Å²) in [7, 11) is 0. The Hall–Kier alpha value is -0.820. The third kappa shape index (κ3) is 1.27. The first-order valence-corrected chi connectivity index (χ1v) is 6.41. The van der Waals surface area contributed by atoms with Crippen LogP contribution >= 0.6 is 0 Å². The van der Waals surface area contributed by atoms with E-state index in [0.29, 0.717) is 5.92 Å². The standard InChI is InChI=1S/C15H21N/c1-14(2,15(16)9-10-15)13-8-7-11-5-3-4-6-12(11)13/h3-6,13H,7-10,16H2,1-2H3. The highest BCUT2D eigenvalue weighted by Crippen LogP contribution is 2.57. The average Bonchev–Trinajstić information content (AvgIpc) is 2.88. The van der Waals surface area contributed by atoms with Crippen molar-refractivity contribution in [2.24, 2.45) is 11.1 Å². The summed E-state index contributed by atoms with van der Waals surface area (Å²) in [6.45, 7) is 4.74. The fourth-order valence-corrected chi connectivity index (χ4v) is 3.43. The normalized spacial score (nSPS) is 26.6. The molecule has 2 aliphatic carbocycles. The second-order valence-electron chi connectivity index (χ2n) is 6.17. The molecule has 3 rings (SSSR count). The molecule has 1 unspecified atom stereocenters. The molecule has 1 heteroatoms. The number of aryl methyl sites for hydroxylation is 1. The van der Waals surface area contributed by atoms with E-state index in [4.69, 9.17) is 5.73 Å². The number of hydrogen-bond acceptors (Lipinski definition) is 1. The zero-order valence-corrected chi connectivity index (χ0v) is 10.3. The van der Waals surface area contributed by atoms with Gasteiger partial charge in [-0.3, -0.25) is 0 Å². The number of fused-ring (bicyclic) bond motifs is 1. The molecule has 2 aliphatic rings. The van der Waals surface area contributed by atoms with E-state index < -0.39 is 0 Å². The van der Waals surface area contributed by atoms with Crippen molar-refractivity contribution < 1.29 is 0 Å². The van der Waals surface area contributed by atoms with Crippen LogP contribution in [0.2, 0.25) is 0 Å². The molecule has 86 valence electrons. The minimum atomic E-state index is 0.106. The summed E-state index contributed by atoms with van der Waals surface area (Å²) in [6.07, 6.45) is 4.93. The number of nitrogens with two attached hydrogens (primary N) is 1. The van der Waals surface area contributed by atoms with Crippen molar-refractivity contribution in [2.45, 2.75) is 51.0 Å². The van der Waals surface area contributed by atoms with Gasteiger partial charge in [-0.15, -0.1) is 0 Å². The van der Waals surface area contributed by atoms with Gasteiger partial charge in [0, 0.05) is 5.54 Å². The highest BCUT2D eigenvalue weighted by molar-refractivity contribution is 5.38. The molecule has 0 aliphatic heterocycles. The van der Waals surface area contributed by atoms with E-state index in [9.17, 15) is 0 Å². The molecule has 1 aromatic carbocycles. The Balaban J connectivity index is 1.98. The van der Waals surface area contributed by atoms with Gasteiger partial charge in [-0.25, -0.2) is 0 Å². The lowest BCUT2D eigenvalue weighted by molar-refractivity contribution is 0.206. The van der Waals surface area contributed by atoms with Gasteiger partial charge in [0.1, 0.15) is 0 Å². The maximum atomic E-state index is 6.46. The fraction of sp³-hybridized carbons (Fsp3) is 0.600. The lowest BCUT2D eigenvalue weighted by Gasteiger charge is -2.38. The van der Waals surface area contributed by atoms with Crippen LogP contribution < -0.4 is 5.73 Å². The van der Waals surface area contributed by atoms with E-state index in [1.165, 1.54) is 25.7 Å². The Morgan fingerprint density at radius 3 is 2.62 bits per heavy atom. The summed E-state index contributed by atoms with van der Waals surface area (Å²) in [6, 6.07) is 8.91. The number of benzene rings is 1. The summed E-state index contributed by atoms with van der Waals surface area (Å²) in [4.78, 5) is 0. The van der Waals surface area contributed by atoms with Gasteiger partial charge in [-0.2, -0.15) is 0 Å². The van der Waals surface area contributed by atoms with Crippen molar-refractivity contribution in [3.8, 4) is 0 Å². The summed E-state index contributed by atoms with van der Waals surface area (Å²) in [5.41, 5.74) is 9.92. The molecular weight excluding hydrogens is 194 g/mol. The summed E-state index contributed by atoms with van der Waals surface area (Å²) < 4.78 is 0.